The van der Waals surface area contributed by atoms with E-state index in [9.17, 15) is 13.2 Å². The number of nitrogens with one attached hydrogen (secondary N) is 1. The summed E-state index contributed by atoms with van der Waals surface area (Å²) in [7, 11) is 0. The lowest BCUT2D eigenvalue weighted by atomic mass is 9.87. The number of piperidine rings is 1. The van der Waals surface area contributed by atoms with Gasteiger partial charge in [-0.2, -0.15) is 0 Å². The normalized spacial score (nSPS) is 25.8. The second-order valence-electron chi connectivity index (χ2n) is 3.96. The van der Waals surface area contributed by atoms with Crippen molar-refractivity contribution in [2.24, 2.45) is 0 Å². The van der Waals surface area contributed by atoms with E-state index in [1.165, 1.54) is 6.07 Å². The maximum Gasteiger partial charge on any atom is 0.154 e. The zero-order valence-corrected chi connectivity index (χ0v) is 10.1. The Kier molecular flexibility index (Phi) is 3.26. The molecule has 1 atom stereocenters. The molecule has 1 aromatic rings. The molecule has 1 saturated heterocycles. The molecule has 0 saturated carbocycles. The molecule has 2 rings (SSSR count). The molecule has 16 heavy (non-hydrogen) atoms. The fraction of sp³-hybridized carbons (Fsp3) is 0.455. The van der Waals surface area contributed by atoms with Crippen LogP contribution >= 0.6 is 15.9 Å². The third kappa shape index (κ3) is 1.98. The first-order valence-electron chi connectivity index (χ1n) is 5.08. The highest BCUT2D eigenvalue weighted by molar-refractivity contribution is 9.10. The number of halogens is 4. The molecule has 0 bridgehead atoms. The van der Waals surface area contributed by atoms with E-state index in [0.29, 0.717) is 13.0 Å². The third-order valence-corrected chi connectivity index (χ3v) is 3.44. The first kappa shape index (κ1) is 11.9. The van der Waals surface area contributed by atoms with E-state index in [4.69, 9.17) is 0 Å². The molecule has 0 spiro atoms. The number of alkyl halides is 1. The van der Waals surface area contributed by atoms with Crippen LogP contribution < -0.4 is 5.32 Å². The van der Waals surface area contributed by atoms with Gasteiger partial charge in [0, 0.05) is 6.54 Å². The van der Waals surface area contributed by atoms with Gasteiger partial charge >= 0.3 is 0 Å². The summed E-state index contributed by atoms with van der Waals surface area (Å²) >= 11 is 2.94. The van der Waals surface area contributed by atoms with Crippen LogP contribution in [0.2, 0.25) is 0 Å². The zero-order chi connectivity index (χ0) is 11.8. The topological polar surface area (TPSA) is 12.0 Å². The molecular formula is C11H11BrF3N. The Morgan fingerprint density at radius 1 is 1.31 bits per heavy atom. The average Bonchev–Trinajstić information content (AvgIpc) is 2.25. The van der Waals surface area contributed by atoms with E-state index in [0.717, 1.165) is 6.07 Å². The van der Waals surface area contributed by atoms with Gasteiger partial charge in [0.15, 0.2) is 5.67 Å². The van der Waals surface area contributed by atoms with Gasteiger partial charge in [0.2, 0.25) is 0 Å². The van der Waals surface area contributed by atoms with Crippen molar-refractivity contribution in [3.63, 3.8) is 0 Å². The van der Waals surface area contributed by atoms with Gasteiger partial charge in [0.25, 0.3) is 0 Å². The first-order valence-corrected chi connectivity index (χ1v) is 5.87. The fourth-order valence-corrected chi connectivity index (χ4v) is 2.35. The van der Waals surface area contributed by atoms with Gasteiger partial charge in [-0.3, -0.25) is 0 Å². The Bertz CT molecular complexity index is 402. The van der Waals surface area contributed by atoms with Crippen LogP contribution in [0.25, 0.3) is 0 Å². The van der Waals surface area contributed by atoms with E-state index in [2.05, 4.69) is 21.2 Å². The van der Waals surface area contributed by atoms with Gasteiger partial charge < -0.3 is 5.32 Å². The van der Waals surface area contributed by atoms with Crippen LogP contribution in [0.4, 0.5) is 13.2 Å². The minimum absolute atomic E-state index is 0.0444. The number of rotatable bonds is 1. The van der Waals surface area contributed by atoms with E-state index in [1.807, 2.05) is 0 Å². The Balaban J connectivity index is 2.49. The van der Waals surface area contributed by atoms with Crippen LogP contribution in [0.1, 0.15) is 18.4 Å². The van der Waals surface area contributed by atoms with Crippen molar-refractivity contribution in [3.05, 3.63) is 33.8 Å². The maximum atomic E-state index is 14.4. The molecule has 0 amide bonds. The summed E-state index contributed by atoms with van der Waals surface area (Å²) in [5, 5.41) is 2.82. The summed E-state index contributed by atoms with van der Waals surface area (Å²) in [6, 6.07) is 2.33. The molecule has 1 aliphatic rings. The van der Waals surface area contributed by atoms with Crippen molar-refractivity contribution < 1.29 is 13.2 Å². The molecule has 1 aliphatic heterocycles. The highest BCUT2D eigenvalue weighted by Crippen LogP contribution is 2.38. The lowest BCUT2D eigenvalue weighted by Crippen LogP contribution is -2.41. The zero-order valence-electron chi connectivity index (χ0n) is 8.49. The molecule has 1 nitrogen and oxygen atoms in total. The summed E-state index contributed by atoms with van der Waals surface area (Å²) in [6.45, 7) is 0.639. The van der Waals surface area contributed by atoms with Gasteiger partial charge in [-0.25, -0.2) is 13.2 Å². The van der Waals surface area contributed by atoms with E-state index < -0.39 is 22.9 Å². The van der Waals surface area contributed by atoms with Crippen molar-refractivity contribution in [2.75, 3.05) is 13.1 Å². The second kappa shape index (κ2) is 4.37. The van der Waals surface area contributed by atoms with Crippen LogP contribution in [-0.4, -0.2) is 13.1 Å². The van der Waals surface area contributed by atoms with E-state index in [1.54, 1.807) is 0 Å². The van der Waals surface area contributed by atoms with Crippen molar-refractivity contribution in [1.82, 2.24) is 5.32 Å². The molecule has 5 heteroatoms. The smallest absolute Gasteiger partial charge is 0.154 e. The van der Waals surface area contributed by atoms with Crippen LogP contribution in [-0.2, 0) is 5.67 Å². The largest absolute Gasteiger partial charge is 0.313 e. The molecule has 1 fully saturated rings. The lowest BCUT2D eigenvalue weighted by molar-refractivity contribution is 0.111. The Morgan fingerprint density at radius 2 is 2.06 bits per heavy atom. The van der Waals surface area contributed by atoms with Crippen molar-refractivity contribution in [2.45, 2.75) is 18.5 Å². The maximum absolute atomic E-state index is 14.4. The lowest BCUT2D eigenvalue weighted by Gasteiger charge is -2.31. The van der Waals surface area contributed by atoms with Crippen molar-refractivity contribution in [3.8, 4) is 0 Å². The Labute approximate surface area is 100 Å². The van der Waals surface area contributed by atoms with Crippen LogP contribution in [0.3, 0.4) is 0 Å². The predicted molar refractivity (Wildman–Crippen MR) is 58.9 cm³/mol. The summed E-state index contributed by atoms with van der Waals surface area (Å²) in [5.74, 6) is -1.67. The second-order valence-corrected chi connectivity index (χ2v) is 4.82. The minimum Gasteiger partial charge on any atom is -0.313 e. The molecule has 0 radical (unpaired) electrons. The summed E-state index contributed by atoms with van der Waals surface area (Å²) in [6.07, 6.45) is 0.714. The number of benzene rings is 1. The van der Waals surface area contributed by atoms with Gasteiger partial charge in [-0.1, -0.05) is 0 Å². The molecule has 1 unspecified atom stereocenters. The number of hydrogen-bond donors (Lipinski definition) is 1. The molecule has 88 valence electrons. The summed E-state index contributed by atoms with van der Waals surface area (Å²) < 4.78 is 41.8. The monoisotopic (exact) mass is 293 g/mol. The van der Waals surface area contributed by atoms with Crippen molar-refractivity contribution in [1.29, 1.82) is 0 Å². The minimum atomic E-state index is -1.95. The Morgan fingerprint density at radius 3 is 2.69 bits per heavy atom. The standard InChI is InChI=1S/C11H11BrF3N/c12-7-2-3-8(13)9(10(7)14)11(15)4-1-5-16-6-11/h2-3,16H,1,4-6H2. The molecule has 1 heterocycles. The van der Waals surface area contributed by atoms with Crippen LogP contribution in [0.5, 0.6) is 0 Å². The van der Waals surface area contributed by atoms with Crippen LogP contribution in [0, 0.1) is 11.6 Å². The fourth-order valence-electron chi connectivity index (χ4n) is 2.02. The molecule has 0 aromatic heterocycles. The summed E-state index contributed by atoms with van der Waals surface area (Å²) in [4.78, 5) is 0. The third-order valence-electron chi connectivity index (χ3n) is 2.82. The highest BCUT2D eigenvalue weighted by Gasteiger charge is 2.39. The van der Waals surface area contributed by atoms with Gasteiger partial charge in [-0.05, 0) is 47.4 Å². The molecule has 1 aromatic carbocycles. The van der Waals surface area contributed by atoms with E-state index >= 15 is 0 Å². The van der Waals surface area contributed by atoms with E-state index in [-0.39, 0.29) is 17.4 Å². The Hall–Kier alpha value is -0.550. The molecular weight excluding hydrogens is 283 g/mol. The predicted octanol–water partition coefficient (Wildman–Crippen LogP) is 3.28. The van der Waals surface area contributed by atoms with Crippen LogP contribution in [0.15, 0.2) is 16.6 Å². The highest BCUT2D eigenvalue weighted by atomic mass is 79.9. The quantitative estimate of drug-likeness (QED) is 0.784. The SMILES string of the molecule is Fc1ccc(Br)c(F)c1C1(F)CCCNC1. The average molecular weight is 294 g/mol. The van der Waals surface area contributed by atoms with Gasteiger partial charge in [-0.15, -0.1) is 0 Å². The molecule has 1 N–H and O–H groups in total. The van der Waals surface area contributed by atoms with Gasteiger partial charge in [0.1, 0.15) is 11.6 Å². The van der Waals surface area contributed by atoms with Gasteiger partial charge in [0.05, 0.1) is 10.0 Å². The first-order chi connectivity index (χ1) is 7.54. The van der Waals surface area contributed by atoms with Crippen molar-refractivity contribution >= 4 is 15.9 Å². The molecule has 0 aliphatic carbocycles. The number of hydrogen-bond acceptors (Lipinski definition) is 1. The summed E-state index contributed by atoms with van der Waals surface area (Å²) in [5.41, 5.74) is -2.41.